The summed E-state index contributed by atoms with van der Waals surface area (Å²) >= 11 is 0. The van der Waals surface area contributed by atoms with E-state index in [0.717, 1.165) is 5.52 Å². The Hall–Kier alpha value is -1.83. The van der Waals surface area contributed by atoms with Gasteiger partial charge in [-0.3, -0.25) is 4.98 Å². The van der Waals surface area contributed by atoms with Crippen molar-refractivity contribution >= 4 is 16.3 Å². The highest BCUT2D eigenvalue weighted by Gasteiger charge is 1.99. The van der Waals surface area contributed by atoms with Gasteiger partial charge in [0.1, 0.15) is 0 Å². The van der Waals surface area contributed by atoms with Gasteiger partial charge >= 0.3 is 0 Å². The van der Waals surface area contributed by atoms with E-state index in [1.54, 1.807) is 6.20 Å². The van der Waals surface area contributed by atoms with Crippen LogP contribution in [0.3, 0.4) is 0 Å². The monoisotopic (exact) mass is 167 g/mol. The quantitative estimate of drug-likeness (QED) is 0.502. The minimum Gasteiger partial charge on any atom is -0.320 e. The van der Waals surface area contributed by atoms with Crippen LogP contribution in [0.1, 0.15) is 0 Å². The van der Waals surface area contributed by atoms with E-state index in [1.807, 2.05) is 24.5 Å². The van der Waals surface area contributed by atoms with E-state index in [9.17, 15) is 0 Å². The van der Waals surface area contributed by atoms with E-state index >= 15 is 0 Å². The van der Waals surface area contributed by atoms with Gasteiger partial charge in [-0.15, -0.1) is 0 Å². The Bertz CT molecular complexity index is 516. The van der Waals surface area contributed by atoms with Crippen molar-refractivity contribution in [3.05, 3.63) is 49.1 Å². The Balaban J connectivity index is 2.64. The van der Waals surface area contributed by atoms with Crippen LogP contribution >= 0.6 is 0 Å². The van der Waals surface area contributed by atoms with E-state index in [2.05, 4.69) is 27.7 Å². The predicted molar refractivity (Wildman–Crippen MR) is 51.5 cm³/mol. The molecule has 2 nitrogen and oxygen atoms in total. The molecular weight excluding hydrogens is 160 g/mol. The van der Waals surface area contributed by atoms with E-state index in [0.29, 0.717) is 0 Å². The number of hydrogen-bond donors (Lipinski definition) is 0. The van der Waals surface area contributed by atoms with Crippen LogP contribution in [0.5, 0.6) is 0 Å². The normalized spacial score (nSPS) is 11.1. The number of hydrogen-bond acceptors (Lipinski definition) is 1. The molecule has 0 bridgehead atoms. The third kappa shape index (κ3) is 0.855. The number of benzene rings is 1. The molecule has 0 aliphatic carbocycles. The Morgan fingerprint density at radius 1 is 1.38 bits per heavy atom. The average molecular weight is 167 g/mol. The summed E-state index contributed by atoms with van der Waals surface area (Å²) in [5.74, 6) is 0. The molecule has 3 aromatic rings. The molecule has 0 atom stereocenters. The highest BCUT2D eigenvalue weighted by atomic mass is 14.9. The molecule has 13 heavy (non-hydrogen) atoms. The molecule has 0 amide bonds. The van der Waals surface area contributed by atoms with E-state index in [1.165, 1.54) is 10.8 Å². The SMILES string of the molecule is [c]1ccc2c(c1)cn1ccncc21. The van der Waals surface area contributed by atoms with Gasteiger partial charge in [0.05, 0.1) is 11.7 Å². The largest absolute Gasteiger partial charge is 0.320 e. The molecule has 2 heteroatoms. The zero-order chi connectivity index (χ0) is 8.67. The van der Waals surface area contributed by atoms with Crippen LogP contribution < -0.4 is 0 Å². The van der Waals surface area contributed by atoms with Crippen molar-refractivity contribution in [3.63, 3.8) is 0 Å². The van der Waals surface area contributed by atoms with Gasteiger partial charge in [-0.25, -0.2) is 0 Å². The Morgan fingerprint density at radius 3 is 3.38 bits per heavy atom. The van der Waals surface area contributed by atoms with Crippen molar-refractivity contribution in [2.24, 2.45) is 0 Å². The van der Waals surface area contributed by atoms with Crippen LogP contribution in [0, 0.1) is 6.07 Å². The highest BCUT2D eigenvalue weighted by molar-refractivity contribution is 5.96. The molecule has 0 aliphatic heterocycles. The number of fused-ring (bicyclic) bond motifs is 3. The third-order valence-corrected chi connectivity index (χ3v) is 2.24. The molecule has 61 valence electrons. The molecule has 0 aliphatic rings. The van der Waals surface area contributed by atoms with Gasteiger partial charge in [0, 0.05) is 29.4 Å². The second kappa shape index (κ2) is 2.33. The van der Waals surface area contributed by atoms with Gasteiger partial charge in [-0.2, -0.15) is 0 Å². The van der Waals surface area contributed by atoms with Crippen LogP contribution in [-0.2, 0) is 0 Å². The third-order valence-electron chi connectivity index (χ3n) is 2.24. The fourth-order valence-corrected chi connectivity index (χ4v) is 1.63. The van der Waals surface area contributed by atoms with Gasteiger partial charge in [0.25, 0.3) is 0 Å². The average Bonchev–Trinajstić information content (AvgIpc) is 2.56. The number of rotatable bonds is 0. The fraction of sp³-hybridized carbons (Fsp3) is 0. The molecule has 0 fully saturated rings. The standard InChI is InChI=1S/C11H7N2/c1-2-4-10-9(3-1)8-13-6-5-12-7-11(10)13/h2-8H. The lowest BCUT2D eigenvalue weighted by atomic mass is 10.2. The van der Waals surface area contributed by atoms with Crippen molar-refractivity contribution in [1.82, 2.24) is 9.38 Å². The van der Waals surface area contributed by atoms with E-state index in [-0.39, 0.29) is 0 Å². The van der Waals surface area contributed by atoms with Gasteiger partial charge < -0.3 is 4.40 Å². The first-order valence-corrected chi connectivity index (χ1v) is 4.16. The van der Waals surface area contributed by atoms with Crippen LogP contribution in [-0.4, -0.2) is 9.38 Å². The summed E-state index contributed by atoms with van der Waals surface area (Å²) in [6, 6.07) is 9.04. The zero-order valence-corrected chi connectivity index (χ0v) is 6.94. The zero-order valence-electron chi connectivity index (χ0n) is 6.94. The van der Waals surface area contributed by atoms with Crippen LogP contribution in [0.15, 0.2) is 43.0 Å². The van der Waals surface area contributed by atoms with Crippen molar-refractivity contribution in [2.75, 3.05) is 0 Å². The highest BCUT2D eigenvalue weighted by Crippen LogP contribution is 2.19. The smallest absolute Gasteiger partial charge is 0.0713 e. The van der Waals surface area contributed by atoms with Gasteiger partial charge in [-0.1, -0.05) is 12.1 Å². The Labute approximate surface area is 75.5 Å². The molecule has 1 aromatic carbocycles. The second-order valence-corrected chi connectivity index (χ2v) is 3.01. The van der Waals surface area contributed by atoms with Crippen molar-refractivity contribution in [3.8, 4) is 0 Å². The lowest BCUT2D eigenvalue weighted by Gasteiger charge is -1.90. The van der Waals surface area contributed by atoms with Crippen LogP contribution in [0.2, 0.25) is 0 Å². The van der Waals surface area contributed by atoms with Crippen LogP contribution in [0.4, 0.5) is 0 Å². The minimum absolute atomic E-state index is 1.14. The second-order valence-electron chi connectivity index (χ2n) is 3.01. The van der Waals surface area contributed by atoms with Gasteiger partial charge in [0.15, 0.2) is 0 Å². The summed E-state index contributed by atoms with van der Waals surface area (Å²) in [7, 11) is 0. The van der Waals surface area contributed by atoms with Crippen molar-refractivity contribution < 1.29 is 0 Å². The van der Waals surface area contributed by atoms with Crippen molar-refractivity contribution in [1.29, 1.82) is 0 Å². The summed E-state index contributed by atoms with van der Waals surface area (Å²) in [5, 5.41) is 2.43. The number of nitrogens with zero attached hydrogens (tertiary/aromatic N) is 2. The molecule has 0 spiro atoms. The maximum atomic E-state index is 4.10. The molecule has 0 saturated heterocycles. The number of aromatic nitrogens is 2. The molecule has 2 aromatic heterocycles. The lowest BCUT2D eigenvalue weighted by molar-refractivity contribution is 1.15. The minimum atomic E-state index is 1.14. The molecule has 1 radical (unpaired) electrons. The fourth-order valence-electron chi connectivity index (χ4n) is 1.63. The van der Waals surface area contributed by atoms with E-state index < -0.39 is 0 Å². The molecular formula is C11H7N2. The first-order chi connectivity index (χ1) is 6.45. The maximum Gasteiger partial charge on any atom is 0.0713 e. The van der Waals surface area contributed by atoms with Gasteiger partial charge in [-0.05, 0) is 12.1 Å². The molecule has 0 N–H and O–H groups in total. The summed E-state index contributed by atoms with van der Waals surface area (Å²) in [6.45, 7) is 0. The molecule has 0 unspecified atom stereocenters. The molecule has 3 rings (SSSR count). The Morgan fingerprint density at radius 2 is 2.38 bits per heavy atom. The van der Waals surface area contributed by atoms with E-state index in [4.69, 9.17) is 0 Å². The lowest BCUT2D eigenvalue weighted by Crippen LogP contribution is -1.80. The summed E-state index contributed by atoms with van der Waals surface area (Å²) in [4.78, 5) is 4.10. The Kier molecular flexibility index (Phi) is 1.19. The van der Waals surface area contributed by atoms with Gasteiger partial charge in [0.2, 0.25) is 0 Å². The molecule has 0 saturated carbocycles. The summed E-state index contributed by atoms with van der Waals surface area (Å²) < 4.78 is 2.07. The van der Waals surface area contributed by atoms with Crippen molar-refractivity contribution in [2.45, 2.75) is 0 Å². The summed E-state index contributed by atoms with van der Waals surface area (Å²) in [6.07, 6.45) is 7.70. The topological polar surface area (TPSA) is 17.3 Å². The van der Waals surface area contributed by atoms with Crippen LogP contribution in [0.25, 0.3) is 16.3 Å². The summed E-state index contributed by atoms with van der Waals surface area (Å²) in [5.41, 5.74) is 1.14. The maximum absolute atomic E-state index is 4.10. The first kappa shape index (κ1) is 6.66. The first-order valence-electron chi connectivity index (χ1n) is 4.16. The predicted octanol–water partition coefficient (Wildman–Crippen LogP) is 2.29. The molecule has 2 heterocycles.